The minimum Gasteiger partial charge on any atom is -0.464 e. The fourth-order valence-electron chi connectivity index (χ4n) is 1.23. The zero-order valence-electron chi connectivity index (χ0n) is 9.97. The highest BCUT2D eigenvalue weighted by atomic mass is 19.4. The lowest BCUT2D eigenvalue weighted by Gasteiger charge is -2.19. The summed E-state index contributed by atoms with van der Waals surface area (Å²) >= 11 is 0. The van der Waals surface area contributed by atoms with Crippen LogP contribution in [0.4, 0.5) is 18.0 Å². The van der Waals surface area contributed by atoms with Crippen LogP contribution in [0, 0.1) is 0 Å². The van der Waals surface area contributed by atoms with E-state index in [0.29, 0.717) is 19.8 Å². The van der Waals surface area contributed by atoms with Crippen molar-refractivity contribution in [2.75, 3.05) is 6.61 Å². The molecule has 5 nitrogen and oxygen atoms in total. The molecule has 0 saturated heterocycles. The minimum atomic E-state index is -4.63. The van der Waals surface area contributed by atoms with Gasteiger partial charge in [0.05, 0.1) is 6.61 Å². The quantitative estimate of drug-likeness (QED) is 0.790. The summed E-state index contributed by atoms with van der Waals surface area (Å²) in [6, 6.07) is 0. The van der Waals surface area contributed by atoms with E-state index in [4.69, 9.17) is 4.74 Å². The molecule has 0 radical (unpaired) electrons. The van der Waals surface area contributed by atoms with Crippen LogP contribution in [0.15, 0.2) is 0 Å². The van der Waals surface area contributed by atoms with Crippen LogP contribution < -0.4 is 5.32 Å². The maximum atomic E-state index is 12.1. The lowest BCUT2D eigenvalue weighted by atomic mass is 10.3. The summed E-state index contributed by atoms with van der Waals surface area (Å²) in [6.07, 6.45) is -7.46. The Morgan fingerprint density at radius 2 is 1.94 bits per heavy atom. The Kier molecular flexibility index (Phi) is 4.08. The molecule has 1 saturated carbocycles. The maximum absolute atomic E-state index is 12.1. The number of halogens is 3. The molecule has 0 bridgehead atoms. The topological polar surface area (TPSA) is 64.6 Å². The molecular weight excluding hydrogens is 255 g/mol. The van der Waals surface area contributed by atoms with Gasteiger partial charge in [0.2, 0.25) is 0 Å². The highest BCUT2D eigenvalue weighted by molar-refractivity contribution is 5.88. The van der Waals surface area contributed by atoms with Crippen molar-refractivity contribution in [1.82, 2.24) is 5.32 Å². The number of hydrogen-bond acceptors (Lipinski definition) is 4. The summed E-state index contributed by atoms with van der Waals surface area (Å²) in [5, 5.41) is 2.12. The first kappa shape index (κ1) is 14.6. The van der Waals surface area contributed by atoms with Gasteiger partial charge >= 0.3 is 18.2 Å². The van der Waals surface area contributed by atoms with Gasteiger partial charge in [0.25, 0.3) is 0 Å². The van der Waals surface area contributed by atoms with Gasteiger partial charge in [-0.05, 0) is 26.7 Å². The number of carbonyl (C=O) groups excluding carboxylic acids is 2. The van der Waals surface area contributed by atoms with E-state index in [1.165, 1.54) is 0 Å². The van der Waals surface area contributed by atoms with Gasteiger partial charge in [-0.25, -0.2) is 9.59 Å². The second-order valence-corrected chi connectivity index (χ2v) is 4.02. The number of hydrogen-bond donors (Lipinski definition) is 1. The van der Waals surface area contributed by atoms with Crippen LogP contribution in [0.5, 0.6) is 0 Å². The third-order valence-corrected chi connectivity index (χ3v) is 2.50. The Morgan fingerprint density at radius 1 is 1.39 bits per heavy atom. The second-order valence-electron chi connectivity index (χ2n) is 4.02. The van der Waals surface area contributed by atoms with Gasteiger partial charge in [-0.2, -0.15) is 13.2 Å². The smallest absolute Gasteiger partial charge is 0.425 e. The molecule has 0 aromatic rings. The molecule has 0 heterocycles. The van der Waals surface area contributed by atoms with Gasteiger partial charge in [-0.1, -0.05) is 0 Å². The number of esters is 1. The third-order valence-electron chi connectivity index (χ3n) is 2.50. The molecule has 8 heteroatoms. The lowest BCUT2D eigenvalue weighted by Crippen LogP contribution is -2.46. The molecule has 1 rings (SSSR count). The highest BCUT2D eigenvalue weighted by Gasteiger charge is 2.53. The largest absolute Gasteiger partial charge is 0.464 e. The molecule has 18 heavy (non-hydrogen) atoms. The number of alkyl halides is 3. The zero-order chi connectivity index (χ0) is 14.0. The average Bonchev–Trinajstić information content (AvgIpc) is 2.97. The van der Waals surface area contributed by atoms with Crippen LogP contribution in [0.1, 0.15) is 26.7 Å². The standard InChI is InChI=1S/C10H14F3NO4/c1-3-17-7(15)9(4-5-9)14-8(16)18-6(2)10(11,12)13/h6H,3-5H2,1-2H3,(H,14,16)/t6-/m1/s1. The van der Waals surface area contributed by atoms with E-state index in [1.54, 1.807) is 6.92 Å². The van der Waals surface area contributed by atoms with Crippen molar-refractivity contribution in [3.63, 3.8) is 0 Å². The van der Waals surface area contributed by atoms with E-state index < -0.39 is 29.9 Å². The van der Waals surface area contributed by atoms with E-state index in [1.807, 2.05) is 0 Å². The fourth-order valence-corrected chi connectivity index (χ4v) is 1.23. The van der Waals surface area contributed by atoms with Crippen molar-refractivity contribution in [3.05, 3.63) is 0 Å². The first-order chi connectivity index (χ1) is 8.21. The molecule has 104 valence electrons. The Balaban J connectivity index is 2.48. The molecule has 1 N–H and O–H groups in total. The molecule has 0 unspecified atom stereocenters. The molecule has 1 fully saturated rings. The van der Waals surface area contributed by atoms with E-state index in [2.05, 4.69) is 10.1 Å². The van der Waals surface area contributed by atoms with Crippen molar-refractivity contribution in [2.24, 2.45) is 0 Å². The first-order valence-electron chi connectivity index (χ1n) is 5.44. The van der Waals surface area contributed by atoms with E-state index >= 15 is 0 Å². The Labute approximate surface area is 102 Å². The van der Waals surface area contributed by atoms with Crippen molar-refractivity contribution >= 4 is 12.1 Å². The van der Waals surface area contributed by atoms with Gasteiger partial charge in [0, 0.05) is 0 Å². The molecule has 1 atom stereocenters. The Hall–Kier alpha value is -1.47. The van der Waals surface area contributed by atoms with E-state index in [9.17, 15) is 22.8 Å². The zero-order valence-corrected chi connectivity index (χ0v) is 9.97. The van der Waals surface area contributed by atoms with Gasteiger partial charge in [-0.15, -0.1) is 0 Å². The minimum absolute atomic E-state index is 0.135. The molecule has 1 amide bonds. The summed E-state index contributed by atoms with van der Waals surface area (Å²) in [4.78, 5) is 22.7. The maximum Gasteiger partial charge on any atom is 0.425 e. The normalized spacial score (nSPS) is 18.7. The SMILES string of the molecule is CCOC(=O)C1(NC(=O)O[C@H](C)C(F)(F)F)CC1. The predicted molar refractivity (Wildman–Crippen MR) is 53.7 cm³/mol. The van der Waals surface area contributed by atoms with E-state index in [0.717, 1.165) is 0 Å². The fraction of sp³-hybridized carbons (Fsp3) is 0.800. The number of carbonyl (C=O) groups is 2. The summed E-state index contributed by atoms with van der Waals surface area (Å²) in [6.45, 7) is 2.44. The van der Waals surface area contributed by atoms with Crippen LogP contribution in [0.3, 0.4) is 0 Å². The number of nitrogens with one attached hydrogen (secondary N) is 1. The molecule has 0 aromatic carbocycles. The predicted octanol–water partition coefficient (Wildman–Crippen LogP) is 1.76. The molecule has 0 aromatic heterocycles. The summed E-state index contributed by atoms with van der Waals surface area (Å²) in [5.74, 6) is -0.651. The van der Waals surface area contributed by atoms with Crippen LogP contribution in [-0.4, -0.2) is 36.5 Å². The number of alkyl carbamates (subject to hydrolysis) is 1. The number of rotatable bonds is 4. The monoisotopic (exact) mass is 269 g/mol. The van der Waals surface area contributed by atoms with Crippen LogP contribution >= 0.6 is 0 Å². The molecule has 0 spiro atoms. The van der Waals surface area contributed by atoms with Gasteiger partial charge in [0.1, 0.15) is 5.54 Å². The van der Waals surface area contributed by atoms with E-state index in [-0.39, 0.29) is 6.61 Å². The molecule has 1 aliphatic carbocycles. The van der Waals surface area contributed by atoms with Crippen LogP contribution in [0.2, 0.25) is 0 Å². The molecule has 0 aliphatic heterocycles. The highest BCUT2D eigenvalue weighted by Crippen LogP contribution is 2.37. The van der Waals surface area contributed by atoms with Crippen LogP contribution in [-0.2, 0) is 14.3 Å². The van der Waals surface area contributed by atoms with Gasteiger partial charge in [-0.3, -0.25) is 0 Å². The Bertz CT molecular complexity index is 339. The second kappa shape index (κ2) is 5.03. The average molecular weight is 269 g/mol. The number of ether oxygens (including phenoxy) is 2. The van der Waals surface area contributed by atoms with Crippen molar-refractivity contribution < 1.29 is 32.2 Å². The first-order valence-corrected chi connectivity index (χ1v) is 5.44. The Morgan fingerprint density at radius 3 is 2.33 bits per heavy atom. The van der Waals surface area contributed by atoms with Gasteiger partial charge < -0.3 is 14.8 Å². The van der Waals surface area contributed by atoms with Crippen molar-refractivity contribution in [2.45, 2.75) is 44.5 Å². The van der Waals surface area contributed by atoms with Crippen molar-refractivity contribution in [3.8, 4) is 0 Å². The lowest BCUT2D eigenvalue weighted by molar-refractivity contribution is -0.197. The summed E-state index contributed by atoms with van der Waals surface area (Å²) in [7, 11) is 0. The third kappa shape index (κ3) is 3.51. The summed E-state index contributed by atoms with van der Waals surface area (Å²) in [5.41, 5.74) is -1.21. The van der Waals surface area contributed by atoms with Crippen LogP contribution in [0.25, 0.3) is 0 Å². The van der Waals surface area contributed by atoms with Crippen molar-refractivity contribution in [1.29, 1.82) is 0 Å². The van der Waals surface area contributed by atoms with Gasteiger partial charge in [0.15, 0.2) is 6.10 Å². The molecule has 1 aliphatic rings. The summed E-state index contributed by atoms with van der Waals surface area (Å²) < 4.78 is 45.3. The number of amides is 1. The molecular formula is C10H14F3NO4.